The van der Waals surface area contributed by atoms with Crippen LogP contribution >= 0.6 is 11.3 Å². The number of amides is 2. The molecule has 9 nitrogen and oxygen atoms in total. The number of ether oxygens (including phenoxy) is 2. The van der Waals surface area contributed by atoms with Gasteiger partial charge in [-0.05, 0) is 42.2 Å². The summed E-state index contributed by atoms with van der Waals surface area (Å²) in [4.78, 5) is 64.8. The Balaban J connectivity index is 1.64. The van der Waals surface area contributed by atoms with Crippen molar-refractivity contribution in [1.82, 2.24) is 9.88 Å². The Morgan fingerprint density at radius 1 is 0.913 bits per heavy atom. The van der Waals surface area contributed by atoms with E-state index < -0.39 is 35.3 Å². The van der Waals surface area contributed by atoms with E-state index in [0.29, 0.717) is 27.0 Å². The second-order valence-electron chi connectivity index (χ2n) is 12.1. The number of imide groups is 1. The lowest BCUT2D eigenvalue weighted by atomic mass is 9.75. The predicted octanol–water partition coefficient (Wildman–Crippen LogP) is 5.80. The van der Waals surface area contributed by atoms with Crippen LogP contribution in [0.4, 0.5) is 5.13 Å². The van der Waals surface area contributed by atoms with Gasteiger partial charge in [0.1, 0.15) is 10.6 Å². The number of rotatable bonds is 9. The van der Waals surface area contributed by atoms with E-state index >= 15 is 0 Å². The van der Waals surface area contributed by atoms with Crippen molar-refractivity contribution >= 4 is 40.0 Å². The molecule has 4 aromatic rings. The van der Waals surface area contributed by atoms with Crippen LogP contribution < -0.4 is 9.64 Å². The number of benzene rings is 3. The van der Waals surface area contributed by atoms with Crippen molar-refractivity contribution in [1.29, 1.82) is 0 Å². The molecule has 2 saturated heterocycles. The summed E-state index contributed by atoms with van der Waals surface area (Å²) in [5.41, 5.74) is 0.792. The lowest BCUT2D eigenvalue weighted by Crippen LogP contribution is -2.59. The van der Waals surface area contributed by atoms with Gasteiger partial charge in [0.15, 0.2) is 10.7 Å². The number of carbonyl (C=O) groups is 4. The van der Waals surface area contributed by atoms with Crippen molar-refractivity contribution in [3.05, 3.63) is 101 Å². The molecule has 2 aliphatic heterocycles. The summed E-state index contributed by atoms with van der Waals surface area (Å²) in [5.74, 6) is -3.01. The van der Waals surface area contributed by atoms with Gasteiger partial charge in [0.25, 0.3) is 0 Å². The van der Waals surface area contributed by atoms with Crippen molar-refractivity contribution in [2.45, 2.75) is 31.8 Å². The van der Waals surface area contributed by atoms with E-state index in [4.69, 9.17) is 14.5 Å². The molecular formula is C36H35N3O6S. The molecule has 3 heterocycles. The van der Waals surface area contributed by atoms with Gasteiger partial charge >= 0.3 is 5.97 Å². The second kappa shape index (κ2) is 12.2. The molecular weight excluding hydrogens is 602 g/mol. The van der Waals surface area contributed by atoms with E-state index in [-0.39, 0.29) is 24.0 Å². The van der Waals surface area contributed by atoms with Gasteiger partial charge in [0.2, 0.25) is 17.6 Å². The highest BCUT2D eigenvalue weighted by Gasteiger charge is 2.72. The fourth-order valence-electron chi connectivity index (χ4n) is 7.07. The standard InChI is InChI=1S/C36H35N3O6S/c1-21(2)20-36(34(43)45-5)27-26(32(41)38(3)33(27)42)29(23-14-10-7-11-15-23)39(36)35-37-28(22-12-8-6-9-13-22)31(46-35)30(40)24-16-18-25(44-4)19-17-24/h6-19,21,26-27,29H,20H2,1-5H3/t26-,27-,29-,36-/m0/s1. The quantitative estimate of drug-likeness (QED) is 0.129. The molecule has 0 N–H and O–H groups in total. The van der Waals surface area contributed by atoms with Gasteiger partial charge in [-0.3, -0.25) is 19.3 Å². The van der Waals surface area contributed by atoms with E-state index in [0.717, 1.165) is 27.4 Å². The number of ketones is 1. The molecule has 2 aliphatic rings. The number of hydrogen-bond donors (Lipinski definition) is 0. The summed E-state index contributed by atoms with van der Waals surface area (Å²) < 4.78 is 10.8. The van der Waals surface area contributed by atoms with E-state index in [2.05, 4.69) is 0 Å². The first kappa shape index (κ1) is 31.2. The third-order valence-electron chi connectivity index (χ3n) is 8.96. The predicted molar refractivity (Wildman–Crippen MR) is 175 cm³/mol. The topological polar surface area (TPSA) is 106 Å². The molecule has 6 rings (SSSR count). The minimum atomic E-state index is -1.57. The van der Waals surface area contributed by atoms with Crippen molar-refractivity contribution < 1.29 is 28.7 Å². The molecule has 0 saturated carbocycles. The van der Waals surface area contributed by atoms with Crippen LogP contribution in [0.3, 0.4) is 0 Å². The molecule has 0 unspecified atom stereocenters. The Hall–Kier alpha value is -4.83. The summed E-state index contributed by atoms with van der Waals surface area (Å²) in [6.07, 6.45) is 0.221. The first-order valence-electron chi connectivity index (χ1n) is 15.1. The maximum absolute atomic E-state index is 14.3. The zero-order valence-corrected chi connectivity index (χ0v) is 27.1. The fourth-order valence-corrected chi connectivity index (χ4v) is 8.24. The lowest BCUT2D eigenvalue weighted by molar-refractivity contribution is -0.153. The van der Waals surface area contributed by atoms with Crippen LogP contribution in [0, 0.1) is 17.8 Å². The molecule has 10 heteroatoms. The molecule has 236 valence electrons. The number of thiazole rings is 1. The van der Waals surface area contributed by atoms with Crippen LogP contribution in [0.25, 0.3) is 11.3 Å². The van der Waals surface area contributed by atoms with Crippen LogP contribution in [0.2, 0.25) is 0 Å². The summed E-state index contributed by atoms with van der Waals surface area (Å²) in [7, 11) is 4.33. The van der Waals surface area contributed by atoms with E-state index in [1.807, 2.05) is 79.4 Å². The van der Waals surface area contributed by atoms with Gasteiger partial charge in [-0.1, -0.05) is 85.8 Å². The van der Waals surface area contributed by atoms with Crippen LogP contribution in [0.5, 0.6) is 5.75 Å². The van der Waals surface area contributed by atoms with E-state index in [1.165, 1.54) is 14.2 Å². The minimum Gasteiger partial charge on any atom is -0.497 e. The number of nitrogens with zero attached hydrogens (tertiary/aromatic N) is 3. The summed E-state index contributed by atoms with van der Waals surface area (Å²) in [6.45, 7) is 3.93. The molecule has 46 heavy (non-hydrogen) atoms. The Bertz CT molecular complexity index is 1790. The Morgan fingerprint density at radius 2 is 1.54 bits per heavy atom. The Morgan fingerprint density at radius 3 is 2.13 bits per heavy atom. The molecule has 3 aromatic carbocycles. The average Bonchev–Trinajstić information content (AvgIpc) is 3.71. The number of likely N-dealkylation sites (tertiary alicyclic amines) is 1. The van der Waals surface area contributed by atoms with Crippen LogP contribution in [-0.2, 0) is 19.1 Å². The monoisotopic (exact) mass is 637 g/mol. The largest absolute Gasteiger partial charge is 0.497 e. The highest BCUT2D eigenvalue weighted by Crippen LogP contribution is 2.59. The van der Waals surface area contributed by atoms with Crippen LogP contribution in [-0.4, -0.2) is 60.3 Å². The SMILES string of the molecule is COC(=O)[C@]1(CC(C)C)[C@@H]2C(=O)N(C)C(=O)[C@@H]2[C@H](c2ccccc2)N1c1nc(-c2ccccc2)c(C(=O)c2ccc(OC)cc2)s1. The maximum atomic E-state index is 14.3. The smallest absolute Gasteiger partial charge is 0.332 e. The molecule has 0 aliphatic carbocycles. The van der Waals surface area contributed by atoms with Gasteiger partial charge in [-0.2, -0.15) is 0 Å². The molecule has 1 aromatic heterocycles. The van der Waals surface area contributed by atoms with Gasteiger partial charge in [-0.25, -0.2) is 9.78 Å². The first-order chi connectivity index (χ1) is 22.1. The third kappa shape index (κ3) is 4.88. The average molecular weight is 638 g/mol. The number of esters is 1. The maximum Gasteiger partial charge on any atom is 0.332 e. The third-order valence-corrected chi connectivity index (χ3v) is 10.0. The molecule has 0 spiro atoms. The number of anilines is 1. The van der Waals surface area contributed by atoms with E-state index in [9.17, 15) is 19.2 Å². The number of aromatic nitrogens is 1. The highest BCUT2D eigenvalue weighted by atomic mass is 32.1. The molecule has 2 fully saturated rings. The molecule has 4 atom stereocenters. The molecule has 0 radical (unpaired) electrons. The van der Waals surface area contributed by atoms with Crippen molar-refractivity contribution in [3.63, 3.8) is 0 Å². The Labute approximate surface area is 271 Å². The van der Waals surface area contributed by atoms with Crippen molar-refractivity contribution in [2.75, 3.05) is 26.2 Å². The zero-order chi connectivity index (χ0) is 32.7. The summed E-state index contributed by atoms with van der Waals surface area (Å²) in [6, 6.07) is 24.9. The second-order valence-corrected chi connectivity index (χ2v) is 13.1. The van der Waals surface area contributed by atoms with Crippen molar-refractivity contribution in [3.8, 4) is 17.0 Å². The van der Waals surface area contributed by atoms with Crippen LogP contribution in [0.15, 0.2) is 84.9 Å². The van der Waals surface area contributed by atoms with Gasteiger partial charge in [0.05, 0.1) is 37.8 Å². The molecule has 2 amide bonds. The van der Waals surface area contributed by atoms with Crippen LogP contribution in [0.1, 0.15) is 47.1 Å². The highest BCUT2D eigenvalue weighted by molar-refractivity contribution is 7.18. The lowest BCUT2D eigenvalue weighted by Gasteiger charge is -2.42. The minimum absolute atomic E-state index is 0.0699. The zero-order valence-electron chi connectivity index (χ0n) is 26.3. The fraction of sp³-hybridized carbons (Fsp3) is 0.306. The van der Waals surface area contributed by atoms with E-state index in [1.54, 1.807) is 31.4 Å². The number of methoxy groups -OCH3 is 2. The molecule has 0 bridgehead atoms. The first-order valence-corrected chi connectivity index (χ1v) is 15.9. The number of fused-ring (bicyclic) bond motifs is 1. The number of hydrogen-bond acceptors (Lipinski definition) is 9. The van der Waals surface area contributed by atoms with Crippen molar-refractivity contribution in [2.24, 2.45) is 17.8 Å². The Kier molecular flexibility index (Phi) is 8.24. The van der Waals surface area contributed by atoms with Gasteiger partial charge < -0.3 is 14.4 Å². The summed E-state index contributed by atoms with van der Waals surface area (Å²) >= 11 is 1.15. The normalized spacial score (nSPS) is 22.3. The van der Waals surface area contributed by atoms with Gasteiger partial charge in [0, 0.05) is 18.2 Å². The number of carbonyl (C=O) groups excluding carboxylic acids is 4. The summed E-state index contributed by atoms with van der Waals surface area (Å²) in [5, 5.41) is 0.355. The van der Waals surface area contributed by atoms with Gasteiger partial charge in [-0.15, -0.1) is 0 Å².